The SMILES string of the molecule is COC(=O)[C@@H](CC(=O)N[C@H]1CN[C@@H](C(c2ccc(C(C)(C)C)cc2)c2ccc(C(C)(C)C)cc2)C1)CC(C)C. The molecular formula is C34H50N2O3. The van der Waals surface area contributed by atoms with Crippen molar-refractivity contribution in [2.75, 3.05) is 13.7 Å². The lowest BCUT2D eigenvalue weighted by Crippen LogP contribution is -2.38. The molecule has 1 aliphatic rings. The highest BCUT2D eigenvalue weighted by molar-refractivity contribution is 5.83. The van der Waals surface area contributed by atoms with Crippen molar-refractivity contribution in [3.8, 4) is 0 Å². The summed E-state index contributed by atoms with van der Waals surface area (Å²) in [5, 5.41) is 6.91. The Balaban J connectivity index is 1.80. The van der Waals surface area contributed by atoms with Gasteiger partial charge in [0.1, 0.15) is 0 Å². The van der Waals surface area contributed by atoms with E-state index in [9.17, 15) is 9.59 Å². The van der Waals surface area contributed by atoms with Gasteiger partial charge in [-0.3, -0.25) is 9.59 Å². The van der Waals surface area contributed by atoms with Crippen molar-refractivity contribution in [1.82, 2.24) is 10.6 Å². The molecule has 1 amide bonds. The Morgan fingerprint density at radius 1 is 0.897 bits per heavy atom. The van der Waals surface area contributed by atoms with Crippen molar-refractivity contribution in [2.24, 2.45) is 11.8 Å². The maximum atomic E-state index is 12.9. The maximum Gasteiger partial charge on any atom is 0.309 e. The molecule has 0 aromatic heterocycles. The summed E-state index contributed by atoms with van der Waals surface area (Å²) < 4.78 is 4.96. The van der Waals surface area contributed by atoms with E-state index in [0.717, 1.165) is 6.42 Å². The fourth-order valence-corrected chi connectivity index (χ4v) is 5.68. The van der Waals surface area contributed by atoms with Crippen LogP contribution in [0.2, 0.25) is 0 Å². The van der Waals surface area contributed by atoms with Gasteiger partial charge in [0, 0.05) is 31.0 Å². The maximum absolute atomic E-state index is 12.9. The molecule has 1 aliphatic heterocycles. The molecule has 39 heavy (non-hydrogen) atoms. The van der Waals surface area contributed by atoms with Gasteiger partial charge in [0.15, 0.2) is 0 Å². The zero-order valence-electron chi connectivity index (χ0n) is 25.6. The normalized spacial score (nSPS) is 18.8. The molecule has 3 rings (SSSR count). The number of nitrogens with one attached hydrogen (secondary N) is 2. The van der Waals surface area contributed by atoms with Gasteiger partial charge in [-0.25, -0.2) is 0 Å². The number of carbonyl (C=O) groups is 2. The van der Waals surface area contributed by atoms with Gasteiger partial charge in [-0.1, -0.05) is 104 Å². The van der Waals surface area contributed by atoms with E-state index in [2.05, 4.69) is 115 Å². The summed E-state index contributed by atoms with van der Waals surface area (Å²) >= 11 is 0. The van der Waals surface area contributed by atoms with E-state index in [4.69, 9.17) is 4.74 Å². The highest BCUT2D eigenvalue weighted by atomic mass is 16.5. The molecule has 0 saturated carbocycles. The number of esters is 1. The second-order valence-corrected chi connectivity index (χ2v) is 13.8. The Kier molecular flexibility index (Phi) is 10.0. The Morgan fingerprint density at radius 3 is 1.79 bits per heavy atom. The number of carbonyl (C=O) groups excluding carboxylic acids is 2. The fourth-order valence-electron chi connectivity index (χ4n) is 5.68. The molecule has 214 valence electrons. The minimum Gasteiger partial charge on any atom is -0.469 e. The van der Waals surface area contributed by atoms with Gasteiger partial charge in [-0.2, -0.15) is 0 Å². The van der Waals surface area contributed by atoms with E-state index >= 15 is 0 Å². The third kappa shape index (κ3) is 8.41. The lowest BCUT2D eigenvalue weighted by atomic mass is 9.80. The highest BCUT2D eigenvalue weighted by Crippen LogP contribution is 2.35. The summed E-state index contributed by atoms with van der Waals surface area (Å²) in [5.74, 6) is -0.318. The van der Waals surface area contributed by atoms with E-state index in [1.807, 2.05) is 0 Å². The molecular weight excluding hydrogens is 484 g/mol. The van der Waals surface area contributed by atoms with Gasteiger partial charge in [0.2, 0.25) is 5.91 Å². The van der Waals surface area contributed by atoms with Crippen LogP contribution in [0.3, 0.4) is 0 Å². The molecule has 2 aromatic rings. The van der Waals surface area contributed by atoms with Crippen LogP contribution >= 0.6 is 0 Å². The molecule has 0 unspecified atom stereocenters. The number of ether oxygens (including phenoxy) is 1. The van der Waals surface area contributed by atoms with E-state index in [1.54, 1.807) is 0 Å². The largest absolute Gasteiger partial charge is 0.469 e. The lowest BCUT2D eigenvalue weighted by molar-refractivity contribution is -0.148. The average molecular weight is 535 g/mol. The molecule has 0 radical (unpaired) electrons. The number of benzene rings is 2. The number of amides is 1. The Hall–Kier alpha value is -2.66. The first-order valence-corrected chi connectivity index (χ1v) is 14.5. The van der Waals surface area contributed by atoms with Gasteiger partial charge >= 0.3 is 5.97 Å². The Bertz CT molecular complexity index is 1030. The third-order valence-corrected chi connectivity index (χ3v) is 7.93. The summed E-state index contributed by atoms with van der Waals surface area (Å²) in [6.07, 6.45) is 1.63. The van der Waals surface area contributed by atoms with Crippen LogP contribution in [-0.2, 0) is 25.2 Å². The molecule has 1 heterocycles. The average Bonchev–Trinajstić information content (AvgIpc) is 3.30. The summed E-state index contributed by atoms with van der Waals surface area (Å²) in [7, 11) is 1.39. The van der Waals surface area contributed by atoms with Gasteiger partial charge in [0.25, 0.3) is 0 Å². The number of methoxy groups -OCH3 is 1. The fraction of sp³-hybridized carbons (Fsp3) is 0.588. The van der Waals surface area contributed by atoms with Gasteiger partial charge in [0.05, 0.1) is 13.0 Å². The first-order chi connectivity index (χ1) is 18.2. The summed E-state index contributed by atoms with van der Waals surface area (Å²) in [4.78, 5) is 25.2. The second-order valence-electron chi connectivity index (χ2n) is 13.8. The Labute approximate surface area is 236 Å². The minimum absolute atomic E-state index is 0.0186. The predicted molar refractivity (Wildman–Crippen MR) is 160 cm³/mol. The van der Waals surface area contributed by atoms with E-state index in [0.29, 0.717) is 18.9 Å². The van der Waals surface area contributed by atoms with Crippen LogP contribution < -0.4 is 10.6 Å². The first-order valence-electron chi connectivity index (χ1n) is 14.5. The van der Waals surface area contributed by atoms with E-state index in [-0.39, 0.29) is 47.1 Å². The summed E-state index contributed by atoms with van der Waals surface area (Å²) in [6, 6.07) is 18.3. The van der Waals surface area contributed by atoms with Crippen molar-refractivity contribution < 1.29 is 14.3 Å². The zero-order valence-corrected chi connectivity index (χ0v) is 25.6. The number of rotatable bonds is 9. The molecule has 1 saturated heterocycles. The zero-order chi connectivity index (χ0) is 29.0. The molecule has 2 aromatic carbocycles. The molecule has 2 N–H and O–H groups in total. The Morgan fingerprint density at radius 2 is 1.38 bits per heavy atom. The van der Waals surface area contributed by atoms with Crippen molar-refractivity contribution in [1.29, 1.82) is 0 Å². The van der Waals surface area contributed by atoms with Crippen LogP contribution in [0.4, 0.5) is 0 Å². The molecule has 5 heteroatoms. The van der Waals surface area contributed by atoms with E-state index < -0.39 is 5.92 Å². The van der Waals surface area contributed by atoms with Crippen LogP contribution in [0.1, 0.15) is 103 Å². The van der Waals surface area contributed by atoms with Crippen molar-refractivity contribution in [2.45, 2.75) is 103 Å². The molecule has 0 spiro atoms. The van der Waals surface area contributed by atoms with E-state index in [1.165, 1.54) is 29.4 Å². The molecule has 3 atom stereocenters. The molecule has 5 nitrogen and oxygen atoms in total. The summed E-state index contributed by atoms with van der Waals surface area (Å²) in [5.41, 5.74) is 5.39. The molecule has 0 bridgehead atoms. The van der Waals surface area contributed by atoms with Crippen LogP contribution in [0, 0.1) is 11.8 Å². The lowest BCUT2D eigenvalue weighted by Gasteiger charge is -2.28. The van der Waals surface area contributed by atoms with Crippen molar-refractivity contribution >= 4 is 11.9 Å². The van der Waals surface area contributed by atoms with Crippen molar-refractivity contribution in [3.63, 3.8) is 0 Å². The van der Waals surface area contributed by atoms with Crippen LogP contribution in [0.5, 0.6) is 0 Å². The van der Waals surface area contributed by atoms with Gasteiger partial charge in [-0.05, 0) is 51.8 Å². The quantitative estimate of drug-likeness (QED) is 0.361. The smallest absolute Gasteiger partial charge is 0.309 e. The monoisotopic (exact) mass is 534 g/mol. The molecule has 0 aliphatic carbocycles. The standard InChI is InChI=1S/C34H50N2O3/c1-22(2)18-25(32(38)39-9)19-30(37)36-28-20-29(35-21-28)31(23-10-14-26(15-11-23)33(3,4)5)24-12-16-27(17-13-24)34(6,7)8/h10-17,22,25,28-29,31,35H,18-21H2,1-9H3,(H,36,37)/t25-,28-,29-/m1/s1. The topological polar surface area (TPSA) is 67.4 Å². The van der Waals surface area contributed by atoms with Gasteiger partial charge < -0.3 is 15.4 Å². The highest BCUT2D eigenvalue weighted by Gasteiger charge is 2.34. The van der Waals surface area contributed by atoms with Crippen LogP contribution in [0.15, 0.2) is 48.5 Å². The van der Waals surface area contributed by atoms with Crippen LogP contribution in [0.25, 0.3) is 0 Å². The predicted octanol–water partition coefficient (Wildman–Crippen LogP) is 6.49. The van der Waals surface area contributed by atoms with Gasteiger partial charge in [-0.15, -0.1) is 0 Å². The summed E-state index contributed by atoms with van der Waals surface area (Å²) in [6.45, 7) is 18.3. The van der Waals surface area contributed by atoms with Crippen LogP contribution in [-0.4, -0.2) is 37.6 Å². The second kappa shape index (κ2) is 12.7. The molecule has 1 fully saturated rings. The third-order valence-electron chi connectivity index (χ3n) is 7.93. The minimum atomic E-state index is -0.407. The van der Waals surface area contributed by atoms with Crippen molar-refractivity contribution in [3.05, 3.63) is 70.8 Å². The first kappa shape index (κ1) is 30.9. The number of hydrogen-bond donors (Lipinski definition) is 2. The number of hydrogen-bond acceptors (Lipinski definition) is 4.